The van der Waals surface area contributed by atoms with Gasteiger partial charge in [0, 0.05) is 40.2 Å². The molecule has 0 saturated carbocycles. The summed E-state index contributed by atoms with van der Waals surface area (Å²) in [7, 11) is 2.08. The first kappa shape index (κ1) is 21.0. The van der Waals surface area contributed by atoms with Crippen LogP contribution in [0.25, 0.3) is 22.2 Å². The van der Waals surface area contributed by atoms with Gasteiger partial charge in [-0.05, 0) is 86.8 Å². The van der Waals surface area contributed by atoms with Gasteiger partial charge in [0.05, 0.1) is 16.8 Å². The molecule has 0 bridgehead atoms. The highest BCUT2D eigenvalue weighted by Gasteiger charge is 2.39. The Balaban J connectivity index is 1.65. The fourth-order valence-corrected chi connectivity index (χ4v) is 5.14. The third kappa shape index (κ3) is 4.14. The van der Waals surface area contributed by atoms with E-state index in [1.54, 1.807) is 12.3 Å². The number of hydrogen-bond donors (Lipinski definition) is 2. The van der Waals surface area contributed by atoms with E-state index in [9.17, 15) is 5.11 Å². The number of halogens is 1. The average Bonchev–Trinajstić information content (AvgIpc) is 2.65. The Kier molecular flexibility index (Phi) is 5.22. The lowest BCUT2D eigenvalue weighted by Gasteiger charge is -2.49. The van der Waals surface area contributed by atoms with Crippen molar-refractivity contribution in [3.63, 3.8) is 0 Å². The second-order valence-electron chi connectivity index (χ2n) is 9.53. The molecule has 0 aliphatic carbocycles. The van der Waals surface area contributed by atoms with Crippen LogP contribution >= 0.6 is 15.9 Å². The Bertz CT molecular complexity index is 1060. The first-order valence-corrected chi connectivity index (χ1v) is 11.0. The van der Waals surface area contributed by atoms with Gasteiger partial charge < -0.3 is 15.3 Å². The number of fused-ring (bicyclic) bond motifs is 1. The van der Waals surface area contributed by atoms with Gasteiger partial charge in [-0.25, -0.2) is 0 Å². The standard InChI is InChI=1S/C23H28BrN5O/c1-22(2)11-16(12-23(3,4)28-22)29(5)19-9-7-17(26-27-19)20-18(30)8-6-14-10-15(24)13-25-21(14)20/h6-10,13,16,28,30H,11-12H2,1-5H3. The molecule has 1 aliphatic heterocycles. The second kappa shape index (κ2) is 7.46. The van der Waals surface area contributed by atoms with Gasteiger partial charge in [0.1, 0.15) is 5.75 Å². The predicted molar refractivity (Wildman–Crippen MR) is 125 cm³/mol. The molecule has 1 saturated heterocycles. The number of phenolic OH excluding ortho intramolecular Hbond substituents is 1. The highest BCUT2D eigenvalue weighted by Crippen LogP contribution is 2.36. The molecular weight excluding hydrogens is 442 g/mol. The van der Waals surface area contributed by atoms with E-state index in [4.69, 9.17) is 0 Å². The Morgan fingerprint density at radius 3 is 2.40 bits per heavy atom. The molecule has 0 atom stereocenters. The molecule has 1 fully saturated rings. The fraction of sp³-hybridized carbons (Fsp3) is 0.435. The monoisotopic (exact) mass is 469 g/mol. The van der Waals surface area contributed by atoms with Gasteiger partial charge >= 0.3 is 0 Å². The van der Waals surface area contributed by atoms with Crippen LogP contribution in [0.4, 0.5) is 5.82 Å². The molecule has 4 rings (SSSR count). The Morgan fingerprint density at radius 2 is 1.77 bits per heavy atom. The molecule has 1 aliphatic rings. The number of phenols is 1. The van der Waals surface area contributed by atoms with E-state index in [1.807, 2.05) is 24.3 Å². The van der Waals surface area contributed by atoms with Crippen molar-refractivity contribution in [2.24, 2.45) is 0 Å². The summed E-state index contributed by atoms with van der Waals surface area (Å²) >= 11 is 3.45. The minimum Gasteiger partial charge on any atom is -0.507 e. The zero-order chi connectivity index (χ0) is 21.7. The summed E-state index contributed by atoms with van der Waals surface area (Å²) in [4.78, 5) is 6.71. The zero-order valence-electron chi connectivity index (χ0n) is 18.1. The smallest absolute Gasteiger partial charge is 0.151 e. The topological polar surface area (TPSA) is 74.2 Å². The molecule has 6 nitrogen and oxygen atoms in total. The SMILES string of the molecule is CN(c1ccc(-c2c(O)ccc3cc(Br)cnc23)nn1)C1CC(C)(C)NC(C)(C)C1. The Labute approximate surface area is 185 Å². The van der Waals surface area contributed by atoms with Crippen LogP contribution in [-0.4, -0.2) is 44.5 Å². The van der Waals surface area contributed by atoms with Crippen molar-refractivity contribution in [1.82, 2.24) is 20.5 Å². The highest BCUT2D eigenvalue weighted by molar-refractivity contribution is 9.10. The predicted octanol–water partition coefficient (Wildman–Crippen LogP) is 4.91. The van der Waals surface area contributed by atoms with Crippen molar-refractivity contribution in [3.05, 3.63) is 41.0 Å². The summed E-state index contributed by atoms with van der Waals surface area (Å²) in [6, 6.07) is 9.74. The highest BCUT2D eigenvalue weighted by atomic mass is 79.9. The van der Waals surface area contributed by atoms with Gasteiger partial charge in [-0.15, -0.1) is 10.2 Å². The molecule has 2 aromatic heterocycles. The second-order valence-corrected chi connectivity index (χ2v) is 10.4. The van der Waals surface area contributed by atoms with Gasteiger partial charge in [-0.1, -0.05) is 0 Å². The van der Waals surface area contributed by atoms with Crippen LogP contribution in [0.15, 0.2) is 41.0 Å². The minimum absolute atomic E-state index is 0.0583. The van der Waals surface area contributed by atoms with Crippen molar-refractivity contribution in [2.75, 3.05) is 11.9 Å². The molecule has 0 radical (unpaired) electrons. The summed E-state index contributed by atoms with van der Waals surface area (Å²) in [5.41, 5.74) is 2.03. The molecule has 0 spiro atoms. The maximum absolute atomic E-state index is 10.5. The number of hydrogen-bond acceptors (Lipinski definition) is 6. The van der Waals surface area contributed by atoms with Crippen molar-refractivity contribution < 1.29 is 5.11 Å². The Hall–Kier alpha value is -2.25. The summed E-state index contributed by atoms with van der Waals surface area (Å²) in [5.74, 6) is 0.974. The number of anilines is 1. The molecule has 158 valence electrons. The number of aromatic nitrogens is 3. The molecular formula is C23H28BrN5O. The van der Waals surface area contributed by atoms with E-state index in [0.29, 0.717) is 22.8 Å². The van der Waals surface area contributed by atoms with Crippen molar-refractivity contribution >= 4 is 32.7 Å². The third-order valence-corrected chi connectivity index (χ3v) is 6.22. The number of nitrogens with zero attached hydrogens (tertiary/aromatic N) is 4. The number of nitrogens with one attached hydrogen (secondary N) is 1. The molecule has 7 heteroatoms. The molecule has 30 heavy (non-hydrogen) atoms. The first-order valence-electron chi connectivity index (χ1n) is 10.2. The summed E-state index contributed by atoms with van der Waals surface area (Å²) < 4.78 is 0.891. The van der Waals surface area contributed by atoms with E-state index >= 15 is 0 Å². The molecule has 3 aromatic rings. The lowest BCUT2D eigenvalue weighted by atomic mass is 9.79. The van der Waals surface area contributed by atoms with Crippen molar-refractivity contribution in [2.45, 2.75) is 57.7 Å². The van der Waals surface area contributed by atoms with E-state index < -0.39 is 0 Å². The maximum atomic E-state index is 10.5. The van der Waals surface area contributed by atoms with Crippen LogP contribution in [0.5, 0.6) is 5.75 Å². The first-order chi connectivity index (χ1) is 14.0. The van der Waals surface area contributed by atoms with Crippen LogP contribution < -0.4 is 10.2 Å². The zero-order valence-corrected chi connectivity index (χ0v) is 19.7. The summed E-state index contributed by atoms with van der Waals surface area (Å²) in [5, 5.41) is 24.1. The van der Waals surface area contributed by atoms with Gasteiger partial charge in [0.25, 0.3) is 0 Å². The number of benzene rings is 1. The van der Waals surface area contributed by atoms with Crippen LogP contribution in [0.1, 0.15) is 40.5 Å². The maximum Gasteiger partial charge on any atom is 0.151 e. The lowest BCUT2D eigenvalue weighted by molar-refractivity contribution is 0.160. The summed E-state index contributed by atoms with van der Waals surface area (Å²) in [6.07, 6.45) is 3.78. The fourth-order valence-electron chi connectivity index (χ4n) is 4.79. The van der Waals surface area contributed by atoms with E-state index in [-0.39, 0.29) is 16.8 Å². The largest absolute Gasteiger partial charge is 0.507 e. The van der Waals surface area contributed by atoms with Crippen molar-refractivity contribution in [1.29, 1.82) is 0 Å². The average molecular weight is 470 g/mol. The summed E-state index contributed by atoms with van der Waals surface area (Å²) in [6.45, 7) is 8.99. The van der Waals surface area contributed by atoms with Gasteiger partial charge in [-0.3, -0.25) is 4.98 Å². The van der Waals surface area contributed by atoms with Gasteiger partial charge in [0.15, 0.2) is 5.82 Å². The number of aromatic hydroxyl groups is 1. The Morgan fingerprint density at radius 1 is 1.07 bits per heavy atom. The molecule has 3 heterocycles. The van der Waals surface area contributed by atoms with E-state index in [1.165, 1.54) is 0 Å². The van der Waals surface area contributed by atoms with Crippen molar-refractivity contribution in [3.8, 4) is 17.0 Å². The van der Waals surface area contributed by atoms with Crippen LogP contribution in [0.3, 0.4) is 0 Å². The van der Waals surface area contributed by atoms with Gasteiger partial charge in [-0.2, -0.15) is 0 Å². The number of rotatable bonds is 3. The molecule has 0 amide bonds. The van der Waals surface area contributed by atoms with Crippen LogP contribution in [-0.2, 0) is 0 Å². The van der Waals surface area contributed by atoms with Gasteiger partial charge in [0.2, 0.25) is 0 Å². The molecule has 1 aromatic carbocycles. The number of piperidine rings is 1. The molecule has 2 N–H and O–H groups in total. The van der Waals surface area contributed by atoms with Crippen LogP contribution in [0.2, 0.25) is 0 Å². The number of pyridine rings is 1. The minimum atomic E-state index is 0.0583. The van der Waals surface area contributed by atoms with E-state index in [2.05, 4.69) is 76.1 Å². The lowest BCUT2D eigenvalue weighted by Crippen LogP contribution is -2.62. The van der Waals surface area contributed by atoms with E-state index in [0.717, 1.165) is 28.5 Å². The quantitative estimate of drug-likeness (QED) is 0.567. The molecule has 0 unspecified atom stereocenters. The normalized spacial score (nSPS) is 18.5. The third-order valence-electron chi connectivity index (χ3n) is 5.78. The van der Waals surface area contributed by atoms with Crippen LogP contribution in [0, 0.1) is 0 Å².